The van der Waals surface area contributed by atoms with Gasteiger partial charge in [-0.25, -0.2) is 0 Å². The summed E-state index contributed by atoms with van der Waals surface area (Å²) in [6, 6.07) is 0. The molecule has 0 aliphatic carbocycles. The molecule has 0 saturated carbocycles. The highest BCUT2D eigenvalue weighted by molar-refractivity contribution is 5.81. The summed E-state index contributed by atoms with van der Waals surface area (Å²) in [7, 11) is 0. The van der Waals surface area contributed by atoms with E-state index in [-0.39, 0.29) is 18.3 Å². The molecule has 1 amide bonds. The Kier molecular flexibility index (Phi) is 5.66. The molecule has 1 fully saturated rings. The zero-order chi connectivity index (χ0) is 12.5. The molecular formula is C8H14ClF3N2O3. The molecule has 1 aliphatic heterocycles. The van der Waals surface area contributed by atoms with Crippen molar-refractivity contribution >= 4 is 5.91 Å². The second-order valence-electron chi connectivity index (χ2n) is 3.93. The normalized spacial score (nSPS) is 33.8. The lowest BCUT2D eigenvalue weighted by Crippen LogP contribution is -3.00. The standard InChI is InChI=1S/C8H13F3N2O3.ClH/c1-3-2-12-6(5(15)4(3)14)13-7(16)8(9,10)11;/h3-6,12,14-15H,2H2,1H3,(H,13,16);1H/t3-,4-,5-,6+;/m1./s1. The van der Waals surface area contributed by atoms with Gasteiger partial charge in [0.2, 0.25) is 0 Å². The first-order valence-corrected chi connectivity index (χ1v) is 4.80. The summed E-state index contributed by atoms with van der Waals surface area (Å²) in [6.45, 7) is 1.99. The Bertz CT molecular complexity index is 277. The molecule has 5 N–H and O–H groups in total. The lowest BCUT2D eigenvalue weighted by molar-refractivity contribution is -0.718. The Hall–Kier alpha value is -0.570. The summed E-state index contributed by atoms with van der Waals surface area (Å²) < 4.78 is 35.8. The van der Waals surface area contributed by atoms with Crippen molar-refractivity contribution in [1.82, 2.24) is 5.32 Å². The Morgan fingerprint density at radius 1 is 1.35 bits per heavy atom. The third kappa shape index (κ3) is 3.98. The highest BCUT2D eigenvalue weighted by Gasteiger charge is 2.45. The first-order chi connectivity index (χ1) is 7.23. The molecule has 0 unspecified atom stereocenters. The van der Waals surface area contributed by atoms with Gasteiger partial charge < -0.3 is 27.9 Å². The van der Waals surface area contributed by atoms with Crippen molar-refractivity contribution < 1.29 is 45.9 Å². The average molecular weight is 279 g/mol. The van der Waals surface area contributed by atoms with Crippen LogP contribution in [-0.2, 0) is 4.79 Å². The number of piperidine rings is 1. The van der Waals surface area contributed by atoms with Gasteiger partial charge in [0.1, 0.15) is 0 Å². The van der Waals surface area contributed by atoms with E-state index in [2.05, 4.69) is 0 Å². The largest absolute Gasteiger partial charge is 1.00 e. The number of aliphatic hydroxyl groups is 2. The number of carbonyl (C=O) groups is 1. The fourth-order valence-electron chi connectivity index (χ4n) is 1.57. The molecular weight excluding hydrogens is 265 g/mol. The molecule has 0 aromatic heterocycles. The lowest BCUT2D eigenvalue weighted by Gasteiger charge is -2.34. The maximum absolute atomic E-state index is 11.9. The maximum atomic E-state index is 11.9. The van der Waals surface area contributed by atoms with E-state index in [9.17, 15) is 28.2 Å². The lowest BCUT2D eigenvalue weighted by atomic mass is 9.93. The summed E-state index contributed by atoms with van der Waals surface area (Å²) in [5.41, 5.74) is 0. The van der Waals surface area contributed by atoms with Crippen LogP contribution in [0.4, 0.5) is 13.2 Å². The smallest absolute Gasteiger partial charge is 0.471 e. The van der Waals surface area contributed by atoms with Gasteiger partial charge in [0.15, 0.2) is 12.3 Å². The van der Waals surface area contributed by atoms with Gasteiger partial charge in [-0.1, -0.05) is 6.92 Å². The number of nitrogens with two attached hydrogens (primary N) is 1. The van der Waals surface area contributed by atoms with Gasteiger partial charge in [-0.2, -0.15) is 13.2 Å². The maximum Gasteiger partial charge on any atom is 0.471 e. The van der Waals surface area contributed by atoms with Gasteiger partial charge in [-0.15, -0.1) is 0 Å². The van der Waals surface area contributed by atoms with Crippen LogP contribution in [0.15, 0.2) is 0 Å². The Labute approximate surface area is 102 Å². The van der Waals surface area contributed by atoms with E-state index in [1.807, 2.05) is 0 Å². The molecule has 1 rings (SSSR count). The van der Waals surface area contributed by atoms with E-state index in [1.165, 1.54) is 5.32 Å². The van der Waals surface area contributed by atoms with Crippen LogP contribution in [0.1, 0.15) is 6.92 Å². The van der Waals surface area contributed by atoms with E-state index in [0.29, 0.717) is 6.54 Å². The zero-order valence-electron chi connectivity index (χ0n) is 8.91. The highest BCUT2D eigenvalue weighted by atomic mass is 35.5. The number of amides is 1. The van der Waals surface area contributed by atoms with Crippen molar-refractivity contribution in [2.45, 2.75) is 31.5 Å². The Balaban J connectivity index is 0.00000256. The fraction of sp³-hybridized carbons (Fsp3) is 0.875. The van der Waals surface area contributed by atoms with Gasteiger partial charge in [0.25, 0.3) is 0 Å². The number of hydrogen-bond donors (Lipinski definition) is 4. The van der Waals surface area contributed by atoms with Crippen molar-refractivity contribution in [3.8, 4) is 0 Å². The summed E-state index contributed by atoms with van der Waals surface area (Å²) >= 11 is 0. The number of rotatable bonds is 1. The predicted octanol–water partition coefficient (Wildman–Crippen LogP) is -5.07. The molecule has 0 aromatic rings. The van der Waals surface area contributed by atoms with E-state index in [4.69, 9.17) is 0 Å². The third-order valence-electron chi connectivity index (χ3n) is 2.62. The molecule has 0 spiro atoms. The Morgan fingerprint density at radius 3 is 2.35 bits per heavy atom. The topological polar surface area (TPSA) is 86.2 Å². The SMILES string of the molecule is C[C@@H]1C[NH2+][C@@H](NC(=O)C(F)(F)F)[C@H](O)[C@@H]1O.[Cl-]. The van der Waals surface area contributed by atoms with Crippen LogP contribution in [0.3, 0.4) is 0 Å². The minimum atomic E-state index is -4.98. The van der Waals surface area contributed by atoms with Crippen molar-refractivity contribution in [2.24, 2.45) is 5.92 Å². The average Bonchev–Trinajstić information content (AvgIpc) is 2.17. The second-order valence-corrected chi connectivity index (χ2v) is 3.93. The molecule has 0 aromatic carbocycles. The van der Waals surface area contributed by atoms with Crippen molar-refractivity contribution in [3.63, 3.8) is 0 Å². The second kappa shape index (κ2) is 5.85. The summed E-state index contributed by atoms with van der Waals surface area (Å²) in [5, 5.41) is 21.9. The number of alkyl halides is 3. The molecule has 5 nitrogen and oxygen atoms in total. The van der Waals surface area contributed by atoms with Crippen molar-refractivity contribution in [1.29, 1.82) is 0 Å². The summed E-state index contributed by atoms with van der Waals surface area (Å²) in [4.78, 5) is 10.6. The van der Waals surface area contributed by atoms with Gasteiger partial charge in [0.05, 0.1) is 12.6 Å². The number of hydrogen-bond acceptors (Lipinski definition) is 3. The molecule has 17 heavy (non-hydrogen) atoms. The van der Waals surface area contributed by atoms with Gasteiger partial charge in [0, 0.05) is 5.92 Å². The minimum absolute atomic E-state index is 0. The molecule has 102 valence electrons. The number of halogens is 4. The number of aliphatic hydroxyl groups excluding tert-OH is 2. The Morgan fingerprint density at radius 2 is 1.88 bits per heavy atom. The number of quaternary nitrogens is 1. The molecule has 9 heteroatoms. The van der Waals surface area contributed by atoms with Crippen molar-refractivity contribution in [3.05, 3.63) is 0 Å². The molecule has 0 bridgehead atoms. The quantitative estimate of drug-likeness (QED) is 0.387. The van der Waals surface area contributed by atoms with Gasteiger partial charge in [-0.3, -0.25) is 10.1 Å². The van der Waals surface area contributed by atoms with Crippen LogP contribution < -0.4 is 23.0 Å². The molecule has 0 radical (unpaired) electrons. The summed E-state index contributed by atoms with van der Waals surface area (Å²) in [5.74, 6) is -2.36. The van der Waals surface area contributed by atoms with Crippen LogP contribution in [0, 0.1) is 5.92 Å². The third-order valence-corrected chi connectivity index (χ3v) is 2.62. The highest BCUT2D eigenvalue weighted by Crippen LogP contribution is 2.16. The molecule has 1 heterocycles. The van der Waals surface area contributed by atoms with E-state index in [0.717, 1.165) is 0 Å². The van der Waals surface area contributed by atoms with Gasteiger partial charge >= 0.3 is 12.1 Å². The molecule has 1 aliphatic rings. The van der Waals surface area contributed by atoms with E-state index < -0.39 is 30.5 Å². The predicted molar refractivity (Wildman–Crippen MR) is 46.0 cm³/mol. The fourth-order valence-corrected chi connectivity index (χ4v) is 1.57. The molecule has 1 saturated heterocycles. The van der Waals surface area contributed by atoms with Crippen molar-refractivity contribution in [2.75, 3.05) is 6.54 Å². The van der Waals surface area contributed by atoms with Crippen LogP contribution in [0.5, 0.6) is 0 Å². The molecule has 4 atom stereocenters. The first kappa shape index (κ1) is 16.4. The number of nitrogens with one attached hydrogen (secondary N) is 1. The van der Waals surface area contributed by atoms with E-state index in [1.54, 1.807) is 12.2 Å². The number of carbonyl (C=O) groups excluding carboxylic acids is 1. The first-order valence-electron chi connectivity index (χ1n) is 4.80. The monoisotopic (exact) mass is 278 g/mol. The van der Waals surface area contributed by atoms with Crippen LogP contribution in [-0.4, -0.2) is 47.2 Å². The zero-order valence-corrected chi connectivity index (χ0v) is 9.66. The minimum Gasteiger partial charge on any atom is -1.00 e. The van der Waals surface area contributed by atoms with Crippen LogP contribution in [0.2, 0.25) is 0 Å². The van der Waals surface area contributed by atoms with Crippen LogP contribution in [0.25, 0.3) is 0 Å². The van der Waals surface area contributed by atoms with Crippen LogP contribution >= 0.6 is 0 Å². The summed E-state index contributed by atoms with van der Waals surface area (Å²) in [6.07, 6.45) is -8.69. The van der Waals surface area contributed by atoms with Gasteiger partial charge in [-0.05, 0) is 0 Å². The van der Waals surface area contributed by atoms with E-state index >= 15 is 0 Å².